The number of nitrogens with zero attached hydrogens (tertiary/aromatic N) is 2. The Morgan fingerprint density at radius 1 is 1.60 bits per heavy atom. The number of hydrogen-bond acceptors (Lipinski definition) is 3. The van der Waals surface area contributed by atoms with Crippen LogP contribution >= 0.6 is 11.3 Å². The van der Waals surface area contributed by atoms with Gasteiger partial charge in [0, 0.05) is 30.9 Å². The first-order valence-corrected chi connectivity index (χ1v) is 7.97. The van der Waals surface area contributed by atoms with Gasteiger partial charge in [-0.25, -0.2) is 4.98 Å². The molecule has 0 saturated carbocycles. The molecule has 0 aliphatic carbocycles. The topological polar surface area (TPSA) is 49.0 Å². The normalized spacial score (nSPS) is 19.2. The molecular weight excluding hydrogens is 270 g/mol. The molecule has 1 fully saturated rings. The molecule has 106 valence electrons. The van der Waals surface area contributed by atoms with E-state index in [0.29, 0.717) is 12.3 Å². The first kappa shape index (κ1) is 13.4. The standard InChI is InChI=1S/C15H19N3OS/c1-11-8-16-15(17-11)13-3-2-5-18(9-13)14(19)7-12-4-6-20-10-12/h4,6,8,10,13H,2-3,5,7,9H2,1H3,(H,16,17)/t13-/m1/s1. The zero-order valence-corrected chi connectivity index (χ0v) is 12.4. The molecule has 20 heavy (non-hydrogen) atoms. The van der Waals surface area contributed by atoms with Crippen LogP contribution < -0.4 is 0 Å². The van der Waals surface area contributed by atoms with Crippen molar-refractivity contribution in [3.8, 4) is 0 Å². The minimum Gasteiger partial charge on any atom is -0.346 e. The number of aryl methyl sites for hydroxylation is 1. The summed E-state index contributed by atoms with van der Waals surface area (Å²) in [7, 11) is 0. The molecule has 4 nitrogen and oxygen atoms in total. The van der Waals surface area contributed by atoms with Gasteiger partial charge in [-0.15, -0.1) is 0 Å². The summed E-state index contributed by atoms with van der Waals surface area (Å²) in [5.41, 5.74) is 2.21. The van der Waals surface area contributed by atoms with E-state index in [1.165, 1.54) is 0 Å². The monoisotopic (exact) mass is 289 g/mol. The molecule has 2 aromatic heterocycles. The smallest absolute Gasteiger partial charge is 0.227 e. The van der Waals surface area contributed by atoms with Crippen LogP contribution in [-0.2, 0) is 11.2 Å². The predicted molar refractivity (Wildman–Crippen MR) is 79.9 cm³/mol. The van der Waals surface area contributed by atoms with Gasteiger partial charge in [-0.1, -0.05) is 0 Å². The predicted octanol–water partition coefficient (Wildman–Crippen LogP) is 2.73. The van der Waals surface area contributed by atoms with E-state index in [2.05, 4.69) is 15.3 Å². The van der Waals surface area contributed by atoms with E-state index >= 15 is 0 Å². The van der Waals surface area contributed by atoms with Gasteiger partial charge in [-0.2, -0.15) is 11.3 Å². The van der Waals surface area contributed by atoms with Crippen LogP contribution in [0.5, 0.6) is 0 Å². The lowest BCUT2D eigenvalue weighted by Gasteiger charge is -2.32. The first-order chi connectivity index (χ1) is 9.72. The number of piperidine rings is 1. The molecule has 0 bridgehead atoms. The number of likely N-dealkylation sites (tertiary alicyclic amines) is 1. The summed E-state index contributed by atoms with van der Waals surface area (Å²) in [4.78, 5) is 22.1. The Bertz CT molecular complexity index is 576. The fraction of sp³-hybridized carbons (Fsp3) is 0.467. The van der Waals surface area contributed by atoms with Crippen molar-refractivity contribution in [2.75, 3.05) is 13.1 Å². The van der Waals surface area contributed by atoms with Crippen LogP contribution in [0.3, 0.4) is 0 Å². The first-order valence-electron chi connectivity index (χ1n) is 7.03. The fourth-order valence-electron chi connectivity index (χ4n) is 2.75. The summed E-state index contributed by atoms with van der Waals surface area (Å²) in [5, 5.41) is 4.07. The number of aromatic nitrogens is 2. The number of imidazole rings is 1. The Labute approximate surface area is 122 Å². The summed E-state index contributed by atoms with van der Waals surface area (Å²) in [6.07, 6.45) is 4.55. The van der Waals surface area contributed by atoms with Gasteiger partial charge >= 0.3 is 0 Å². The minimum absolute atomic E-state index is 0.233. The lowest BCUT2D eigenvalue weighted by molar-refractivity contribution is -0.131. The van der Waals surface area contributed by atoms with E-state index in [1.807, 2.05) is 29.5 Å². The van der Waals surface area contributed by atoms with Crippen LogP contribution in [0, 0.1) is 6.92 Å². The second-order valence-corrected chi connectivity index (χ2v) is 6.22. The van der Waals surface area contributed by atoms with E-state index < -0.39 is 0 Å². The lowest BCUT2D eigenvalue weighted by atomic mass is 9.97. The van der Waals surface area contributed by atoms with Crippen molar-refractivity contribution in [2.24, 2.45) is 0 Å². The third-order valence-electron chi connectivity index (χ3n) is 3.82. The van der Waals surface area contributed by atoms with Crippen molar-refractivity contribution in [3.05, 3.63) is 40.1 Å². The lowest BCUT2D eigenvalue weighted by Crippen LogP contribution is -2.40. The average molecular weight is 289 g/mol. The van der Waals surface area contributed by atoms with Gasteiger partial charge in [0.25, 0.3) is 0 Å². The Balaban J connectivity index is 1.64. The van der Waals surface area contributed by atoms with E-state index in [0.717, 1.165) is 43.0 Å². The summed E-state index contributed by atoms with van der Waals surface area (Å²) in [6, 6.07) is 2.03. The molecule has 3 rings (SSSR count). The second kappa shape index (κ2) is 5.79. The maximum Gasteiger partial charge on any atom is 0.227 e. The van der Waals surface area contributed by atoms with Gasteiger partial charge in [0.05, 0.1) is 6.42 Å². The molecule has 5 heteroatoms. The molecule has 1 saturated heterocycles. The third kappa shape index (κ3) is 2.93. The molecule has 0 radical (unpaired) electrons. The Kier molecular flexibility index (Phi) is 3.87. The highest BCUT2D eigenvalue weighted by molar-refractivity contribution is 7.07. The number of H-pyrrole nitrogens is 1. The maximum absolute atomic E-state index is 12.3. The second-order valence-electron chi connectivity index (χ2n) is 5.44. The number of rotatable bonds is 3. The highest BCUT2D eigenvalue weighted by Gasteiger charge is 2.26. The van der Waals surface area contributed by atoms with Crippen LogP contribution in [0.25, 0.3) is 0 Å². The number of carbonyl (C=O) groups excluding carboxylic acids is 1. The van der Waals surface area contributed by atoms with Crippen molar-refractivity contribution >= 4 is 17.2 Å². The number of nitrogens with one attached hydrogen (secondary N) is 1. The Morgan fingerprint density at radius 2 is 2.50 bits per heavy atom. The van der Waals surface area contributed by atoms with Crippen LogP contribution in [0.4, 0.5) is 0 Å². The molecule has 1 atom stereocenters. The Hall–Kier alpha value is -1.62. The molecule has 0 spiro atoms. The van der Waals surface area contributed by atoms with Crippen molar-refractivity contribution in [2.45, 2.75) is 32.1 Å². The van der Waals surface area contributed by atoms with E-state index in [1.54, 1.807) is 11.3 Å². The Morgan fingerprint density at radius 3 is 3.20 bits per heavy atom. The van der Waals surface area contributed by atoms with Crippen LogP contribution in [0.1, 0.15) is 35.8 Å². The summed E-state index contributed by atoms with van der Waals surface area (Å²) in [5.74, 6) is 1.61. The molecule has 3 heterocycles. The number of hydrogen-bond donors (Lipinski definition) is 1. The van der Waals surface area contributed by atoms with Gasteiger partial charge in [0.1, 0.15) is 5.82 Å². The van der Waals surface area contributed by atoms with Crippen LogP contribution in [-0.4, -0.2) is 33.9 Å². The molecule has 0 aromatic carbocycles. The van der Waals surface area contributed by atoms with Gasteiger partial charge in [0.2, 0.25) is 5.91 Å². The van der Waals surface area contributed by atoms with Crippen LogP contribution in [0.2, 0.25) is 0 Å². The molecule has 1 amide bonds. The van der Waals surface area contributed by atoms with Crippen LogP contribution in [0.15, 0.2) is 23.0 Å². The number of carbonyl (C=O) groups is 1. The van der Waals surface area contributed by atoms with Crippen molar-refractivity contribution in [3.63, 3.8) is 0 Å². The van der Waals surface area contributed by atoms with E-state index in [4.69, 9.17) is 0 Å². The summed E-state index contributed by atoms with van der Waals surface area (Å²) >= 11 is 1.64. The van der Waals surface area contributed by atoms with Crippen molar-refractivity contribution < 1.29 is 4.79 Å². The van der Waals surface area contributed by atoms with Gasteiger partial charge < -0.3 is 9.88 Å². The quantitative estimate of drug-likeness (QED) is 0.944. The number of amides is 1. The zero-order chi connectivity index (χ0) is 13.9. The minimum atomic E-state index is 0.233. The van der Waals surface area contributed by atoms with Gasteiger partial charge in [0.15, 0.2) is 0 Å². The average Bonchev–Trinajstić information content (AvgIpc) is 3.10. The highest BCUT2D eigenvalue weighted by atomic mass is 32.1. The van der Waals surface area contributed by atoms with Gasteiger partial charge in [-0.05, 0) is 42.2 Å². The number of aromatic amines is 1. The van der Waals surface area contributed by atoms with Crippen molar-refractivity contribution in [1.29, 1.82) is 0 Å². The fourth-order valence-corrected chi connectivity index (χ4v) is 3.42. The SMILES string of the molecule is Cc1cnc([C@@H]2CCCN(C(=O)Cc3ccsc3)C2)[nH]1. The molecule has 1 aliphatic rings. The summed E-state index contributed by atoms with van der Waals surface area (Å²) in [6.45, 7) is 3.67. The van der Waals surface area contributed by atoms with E-state index in [-0.39, 0.29) is 5.91 Å². The highest BCUT2D eigenvalue weighted by Crippen LogP contribution is 2.25. The zero-order valence-electron chi connectivity index (χ0n) is 11.6. The van der Waals surface area contributed by atoms with E-state index in [9.17, 15) is 4.79 Å². The molecule has 2 aromatic rings. The molecular formula is C15H19N3OS. The maximum atomic E-state index is 12.3. The summed E-state index contributed by atoms with van der Waals surface area (Å²) < 4.78 is 0. The third-order valence-corrected chi connectivity index (χ3v) is 4.55. The van der Waals surface area contributed by atoms with Gasteiger partial charge in [-0.3, -0.25) is 4.79 Å². The number of thiophene rings is 1. The molecule has 0 unspecified atom stereocenters. The molecule has 1 N–H and O–H groups in total. The largest absolute Gasteiger partial charge is 0.346 e. The molecule has 1 aliphatic heterocycles. The van der Waals surface area contributed by atoms with Crippen molar-refractivity contribution in [1.82, 2.24) is 14.9 Å².